The summed E-state index contributed by atoms with van der Waals surface area (Å²) in [5.74, 6) is 0.0190. The topological polar surface area (TPSA) is 154 Å². The van der Waals surface area contributed by atoms with Gasteiger partial charge < -0.3 is 16.0 Å². The first-order chi connectivity index (χ1) is 16.5. The summed E-state index contributed by atoms with van der Waals surface area (Å²) in [5, 5.41) is 29.8. The van der Waals surface area contributed by atoms with Gasteiger partial charge in [0, 0.05) is 16.3 Å². The number of hydrogen-bond acceptors (Lipinski definition) is 9. The first-order valence-corrected chi connectivity index (χ1v) is 12.9. The standard InChI is InChI=1S/C22H24N8O2S2/c23-11-15-2-1-8-30(15)17(31)12-25-7-6-22(21-26-28-29-27-21)18-13(5-9-33-18)3-4-14-10-16(20(24)32)34-19(14)22/h5,9-10,15,25H,1-4,6-8,12H2,(H2,24,32)(H,26,27,28,29)/t15-,22?/m0/s1. The molecule has 1 saturated heterocycles. The van der Waals surface area contributed by atoms with Gasteiger partial charge in [-0.3, -0.25) is 9.59 Å². The number of nitriles is 1. The molecule has 176 valence electrons. The highest BCUT2D eigenvalue weighted by Gasteiger charge is 2.46. The van der Waals surface area contributed by atoms with Crippen LogP contribution in [0.15, 0.2) is 17.5 Å². The fourth-order valence-corrected chi connectivity index (χ4v) is 7.57. The fourth-order valence-electron chi connectivity index (χ4n) is 5.03. The molecule has 4 heterocycles. The molecule has 2 atom stereocenters. The smallest absolute Gasteiger partial charge is 0.258 e. The largest absolute Gasteiger partial charge is 0.365 e. The second-order valence-electron chi connectivity index (χ2n) is 8.55. The van der Waals surface area contributed by atoms with Gasteiger partial charge in [-0.05, 0) is 67.3 Å². The Hall–Kier alpha value is -3.14. The number of tetrazole rings is 1. The van der Waals surface area contributed by atoms with Crippen molar-refractivity contribution in [2.24, 2.45) is 5.73 Å². The predicted molar refractivity (Wildman–Crippen MR) is 126 cm³/mol. The van der Waals surface area contributed by atoms with E-state index >= 15 is 0 Å². The van der Waals surface area contributed by atoms with Gasteiger partial charge in [0.05, 0.1) is 17.5 Å². The molecule has 0 aromatic carbocycles. The number of nitrogens with zero attached hydrogens (tertiary/aromatic N) is 5. The molecule has 10 nitrogen and oxygen atoms in total. The third kappa shape index (κ3) is 3.79. The van der Waals surface area contributed by atoms with E-state index in [4.69, 9.17) is 5.73 Å². The molecule has 34 heavy (non-hydrogen) atoms. The lowest BCUT2D eigenvalue weighted by Crippen LogP contribution is -2.42. The van der Waals surface area contributed by atoms with Gasteiger partial charge in [-0.2, -0.15) is 10.5 Å². The van der Waals surface area contributed by atoms with Crippen molar-refractivity contribution >= 4 is 34.5 Å². The number of nitrogens with one attached hydrogen (secondary N) is 2. The number of H-pyrrole nitrogens is 1. The summed E-state index contributed by atoms with van der Waals surface area (Å²) in [6.45, 7) is 1.28. The van der Waals surface area contributed by atoms with Crippen LogP contribution in [0.1, 0.15) is 55.6 Å². The number of carbonyl (C=O) groups excluding carboxylic acids is 2. The number of hydrogen-bond donors (Lipinski definition) is 3. The molecular formula is C22H24N8O2S2. The molecule has 2 aliphatic rings. The highest BCUT2D eigenvalue weighted by Crippen LogP contribution is 2.50. The summed E-state index contributed by atoms with van der Waals surface area (Å²) in [4.78, 5) is 29.0. The molecule has 0 bridgehead atoms. The number of aromatic amines is 1. The molecular weight excluding hydrogens is 472 g/mol. The SMILES string of the molecule is N#C[C@@H]1CCCN1C(=O)CNCCC1(c2nn[nH]n2)c2sccc2CCc2cc(C(N)=O)sc21. The van der Waals surface area contributed by atoms with Crippen LogP contribution in [0.3, 0.4) is 0 Å². The molecule has 0 spiro atoms. The number of fused-ring (bicyclic) bond motifs is 2. The lowest BCUT2D eigenvalue weighted by molar-refractivity contribution is -0.130. The van der Waals surface area contributed by atoms with E-state index in [0.717, 1.165) is 41.0 Å². The Bertz CT molecular complexity index is 1240. The van der Waals surface area contributed by atoms with Crippen molar-refractivity contribution in [1.82, 2.24) is 30.8 Å². The van der Waals surface area contributed by atoms with Gasteiger partial charge in [-0.25, -0.2) is 0 Å². The number of amides is 2. The van der Waals surface area contributed by atoms with Gasteiger partial charge in [0.25, 0.3) is 5.91 Å². The molecule has 3 aromatic rings. The zero-order chi connectivity index (χ0) is 23.7. The minimum absolute atomic E-state index is 0.0665. The Labute approximate surface area is 204 Å². The summed E-state index contributed by atoms with van der Waals surface area (Å²) >= 11 is 3.03. The van der Waals surface area contributed by atoms with Crippen molar-refractivity contribution in [2.45, 2.75) is 43.6 Å². The van der Waals surface area contributed by atoms with E-state index in [1.54, 1.807) is 16.2 Å². The maximum Gasteiger partial charge on any atom is 0.258 e. The number of aromatic nitrogens is 4. The van der Waals surface area contributed by atoms with Crippen LogP contribution in [-0.4, -0.2) is 63.0 Å². The monoisotopic (exact) mass is 496 g/mol. The van der Waals surface area contributed by atoms with Gasteiger partial charge in [-0.1, -0.05) is 5.21 Å². The zero-order valence-electron chi connectivity index (χ0n) is 18.4. The van der Waals surface area contributed by atoms with Crippen molar-refractivity contribution in [3.63, 3.8) is 0 Å². The molecule has 0 radical (unpaired) electrons. The van der Waals surface area contributed by atoms with Gasteiger partial charge in [-0.15, -0.1) is 32.9 Å². The van der Waals surface area contributed by atoms with Crippen LogP contribution in [0.2, 0.25) is 0 Å². The Morgan fingerprint density at radius 1 is 1.35 bits per heavy atom. The maximum atomic E-state index is 12.7. The van der Waals surface area contributed by atoms with Crippen molar-refractivity contribution in [1.29, 1.82) is 5.26 Å². The quantitative estimate of drug-likeness (QED) is 0.417. The second kappa shape index (κ2) is 9.25. The Balaban J connectivity index is 1.46. The highest BCUT2D eigenvalue weighted by molar-refractivity contribution is 7.15. The fraction of sp³-hybridized carbons (Fsp3) is 0.455. The number of thiophene rings is 2. The van der Waals surface area contributed by atoms with Crippen LogP contribution in [0, 0.1) is 11.3 Å². The van der Waals surface area contributed by atoms with E-state index in [1.165, 1.54) is 16.9 Å². The summed E-state index contributed by atoms with van der Waals surface area (Å²) in [6, 6.07) is 5.90. The lowest BCUT2D eigenvalue weighted by Gasteiger charge is -2.30. The van der Waals surface area contributed by atoms with Crippen LogP contribution < -0.4 is 11.1 Å². The molecule has 5 rings (SSSR count). The highest BCUT2D eigenvalue weighted by atomic mass is 32.1. The number of likely N-dealkylation sites (tertiary alicyclic amines) is 1. The molecule has 3 aromatic heterocycles. The summed E-state index contributed by atoms with van der Waals surface area (Å²) in [5.41, 5.74) is 7.21. The number of carbonyl (C=O) groups is 2. The number of primary amides is 1. The van der Waals surface area contributed by atoms with E-state index in [9.17, 15) is 14.9 Å². The van der Waals surface area contributed by atoms with Crippen LogP contribution >= 0.6 is 22.7 Å². The number of aryl methyl sites for hydroxylation is 2. The third-order valence-electron chi connectivity index (χ3n) is 6.64. The van der Waals surface area contributed by atoms with E-state index < -0.39 is 11.3 Å². The first-order valence-electron chi connectivity index (χ1n) is 11.2. The van der Waals surface area contributed by atoms with E-state index in [0.29, 0.717) is 30.2 Å². The molecule has 0 saturated carbocycles. The van der Waals surface area contributed by atoms with Crippen molar-refractivity contribution < 1.29 is 9.59 Å². The van der Waals surface area contributed by atoms with Crippen LogP contribution in [0.4, 0.5) is 0 Å². The van der Waals surface area contributed by atoms with Gasteiger partial charge in [0.1, 0.15) is 11.5 Å². The second-order valence-corrected chi connectivity index (χ2v) is 10.5. The van der Waals surface area contributed by atoms with Crippen molar-refractivity contribution in [3.05, 3.63) is 49.1 Å². The Morgan fingerprint density at radius 3 is 2.97 bits per heavy atom. The Morgan fingerprint density at radius 2 is 2.21 bits per heavy atom. The van der Waals surface area contributed by atoms with Gasteiger partial charge >= 0.3 is 0 Å². The third-order valence-corrected chi connectivity index (χ3v) is 9.11. The molecule has 1 fully saturated rings. The van der Waals surface area contributed by atoms with Gasteiger partial charge in [0.2, 0.25) is 5.91 Å². The molecule has 1 aliphatic carbocycles. The molecule has 1 aliphatic heterocycles. The van der Waals surface area contributed by atoms with Crippen LogP contribution in [0.25, 0.3) is 0 Å². The average Bonchev–Trinajstić information content (AvgIpc) is 3.64. The molecule has 1 unspecified atom stereocenters. The lowest BCUT2D eigenvalue weighted by atomic mass is 9.78. The predicted octanol–water partition coefficient (Wildman–Crippen LogP) is 1.35. The summed E-state index contributed by atoms with van der Waals surface area (Å²) in [7, 11) is 0. The van der Waals surface area contributed by atoms with E-state index in [2.05, 4.69) is 43.5 Å². The Kier molecular flexibility index (Phi) is 6.16. The van der Waals surface area contributed by atoms with Crippen LogP contribution in [0.5, 0.6) is 0 Å². The first kappa shape index (κ1) is 22.6. The van der Waals surface area contributed by atoms with Crippen molar-refractivity contribution in [2.75, 3.05) is 19.6 Å². The average molecular weight is 497 g/mol. The minimum atomic E-state index is -0.709. The summed E-state index contributed by atoms with van der Waals surface area (Å²) < 4.78 is 0. The van der Waals surface area contributed by atoms with E-state index in [-0.39, 0.29) is 18.5 Å². The molecule has 4 N–H and O–H groups in total. The molecule has 12 heteroatoms. The summed E-state index contributed by atoms with van der Waals surface area (Å²) in [6.07, 6.45) is 3.79. The van der Waals surface area contributed by atoms with Crippen LogP contribution in [-0.2, 0) is 23.1 Å². The zero-order valence-corrected chi connectivity index (χ0v) is 20.0. The molecule has 2 amide bonds. The van der Waals surface area contributed by atoms with Gasteiger partial charge in [0.15, 0.2) is 5.82 Å². The van der Waals surface area contributed by atoms with E-state index in [1.807, 2.05) is 6.07 Å². The normalized spacial score (nSPS) is 21.5. The maximum absolute atomic E-state index is 12.7. The van der Waals surface area contributed by atoms with Crippen molar-refractivity contribution in [3.8, 4) is 6.07 Å². The number of rotatable bonds is 7. The minimum Gasteiger partial charge on any atom is -0.365 e. The number of nitrogens with two attached hydrogens (primary N) is 1.